The standard InChI is InChI=1S/C14H15ClNO2/c1-3-16-9-11(14(17)18-4-2)13(15)10-7-5-6-8-12(10)16/h5-9H,3-4H2,1-2H3/q+1. The Morgan fingerprint density at radius 1 is 1.33 bits per heavy atom. The van der Waals surface area contributed by atoms with Crippen molar-refractivity contribution in [1.29, 1.82) is 0 Å². The first-order valence-electron chi connectivity index (χ1n) is 5.96. The van der Waals surface area contributed by atoms with Gasteiger partial charge >= 0.3 is 5.97 Å². The lowest BCUT2D eigenvalue weighted by Gasteiger charge is -2.06. The van der Waals surface area contributed by atoms with Crippen LogP contribution in [0.2, 0.25) is 5.02 Å². The third-order valence-electron chi connectivity index (χ3n) is 2.81. The van der Waals surface area contributed by atoms with Gasteiger partial charge in [0.05, 0.1) is 17.0 Å². The number of fused-ring (bicyclic) bond motifs is 1. The molecule has 2 rings (SSSR count). The first-order valence-corrected chi connectivity index (χ1v) is 6.34. The summed E-state index contributed by atoms with van der Waals surface area (Å²) in [6.07, 6.45) is 1.75. The molecule has 18 heavy (non-hydrogen) atoms. The van der Waals surface area contributed by atoms with Crippen LogP contribution in [-0.4, -0.2) is 12.6 Å². The van der Waals surface area contributed by atoms with Gasteiger partial charge in [0.15, 0.2) is 6.20 Å². The summed E-state index contributed by atoms with van der Waals surface area (Å²) < 4.78 is 7.01. The number of para-hydroxylation sites is 1. The zero-order valence-electron chi connectivity index (χ0n) is 10.4. The summed E-state index contributed by atoms with van der Waals surface area (Å²) in [5.41, 5.74) is 1.43. The zero-order chi connectivity index (χ0) is 13.1. The number of hydrogen-bond acceptors (Lipinski definition) is 2. The number of halogens is 1. The molecular weight excluding hydrogens is 250 g/mol. The Kier molecular flexibility index (Phi) is 3.82. The number of carbonyl (C=O) groups excluding carboxylic acids is 1. The van der Waals surface area contributed by atoms with Crippen molar-refractivity contribution in [3.63, 3.8) is 0 Å². The van der Waals surface area contributed by atoms with Gasteiger partial charge in [0.1, 0.15) is 12.1 Å². The van der Waals surface area contributed by atoms with Crippen molar-refractivity contribution in [2.24, 2.45) is 0 Å². The van der Waals surface area contributed by atoms with Gasteiger partial charge in [0.2, 0.25) is 5.52 Å². The Morgan fingerprint density at radius 3 is 2.72 bits per heavy atom. The van der Waals surface area contributed by atoms with E-state index < -0.39 is 0 Å². The van der Waals surface area contributed by atoms with E-state index in [1.807, 2.05) is 35.8 Å². The molecule has 1 aromatic carbocycles. The predicted octanol–water partition coefficient (Wildman–Crippen LogP) is 2.98. The summed E-state index contributed by atoms with van der Waals surface area (Å²) in [5, 5.41) is 1.32. The molecule has 4 heteroatoms. The monoisotopic (exact) mass is 264 g/mol. The number of carbonyl (C=O) groups is 1. The van der Waals surface area contributed by atoms with Gasteiger partial charge in [-0.05, 0) is 19.9 Å². The molecule has 0 spiro atoms. The average molecular weight is 265 g/mol. The molecule has 0 aliphatic heterocycles. The molecule has 1 heterocycles. The fraction of sp³-hybridized carbons (Fsp3) is 0.286. The van der Waals surface area contributed by atoms with Crippen LogP contribution < -0.4 is 4.57 Å². The molecule has 94 valence electrons. The van der Waals surface area contributed by atoms with E-state index in [1.54, 1.807) is 13.1 Å². The second-order valence-electron chi connectivity index (χ2n) is 3.88. The molecule has 0 N–H and O–H groups in total. The smallest absolute Gasteiger partial charge is 0.345 e. The Labute approximate surface area is 111 Å². The molecule has 0 unspecified atom stereocenters. The van der Waals surface area contributed by atoms with Gasteiger partial charge in [-0.3, -0.25) is 0 Å². The molecule has 0 saturated carbocycles. The van der Waals surface area contributed by atoms with Crippen molar-refractivity contribution in [3.05, 3.63) is 41.0 Å². The highest BCUT2D eigenvalue weighted by atomic mass is 35.5. The average Bonchev–Trinajstić information content (AvgIpc) is 2.40. The maximum Gasteiger partial charge on any atom is 0.345 e. The highest BCUT2D eigenvalue weighted by Crippen LogP contribution is 2.25. The van der Waals surface area contributed by atoms with E-state index >= 15 is 0 Å². The number of aryl methyl sites for hydroxylation is 1. The predicted molar refractivity (Wildman–Crippen MR) is 70.8 cm³/mol. The summed E-state index contributed by atoms with van der Waals surface area (Å²) in [6.45, 7) is 4.91. The van der Waals surface area contributed by atoms with Crippen LogP contribution >= 0.6 is 11.6 Å². The lowest BCUT2D eigenvalue weighted by Crippen LogP contribution is -2.34. The second-order valence-corrected chi connectivity index (χ2v) is 4.26. The number of rotatable bonds is 3. The van der Waals surface area contributed by atoms with Crippen LogP contribution in [0, 0.1) is 0 Å². The number of ether oxygens (including phenoxy) is 1. The van der Waals surface area contributed by atoms with Gasteiger partial charge in [0.25, 0.3) is 0 Å². The number of pyridine rings is 1. The van der Waals surface area contributed by atoms with Crippen molar-refractivity contribution in [3.8, 4) is 0 Å². The minimum Gasteiger partial charge on any atom is -0.462 e. The summed E-state index contributed by atoms with van der Waals surface area (Å²) >= 11 is 6.29. The normalized spacial score (nSPS) is 10.6. The second kappa shape index (κ2) is 5.36. The number of hydrogen-bond donors (Lipinski definition) is 0. The van der Waals surface area contributed by atoms with Crippen molar-refractivity contribution in [2.75, 3.05) is 6.61 Å². The molecule has 0 radical (unpaired) electrons. The highest BCUT2D eigenvalue weighted by Gasteiger charge is 2.21. The molecule has 0 aliphatic carbocycles. The minimum absolute atomic E-state index is 0.341. The quantitative estimate of drug-likeness (QED) is 0.630. The molecule has 2 aromatic rings. The van der Waals surface area contributed by atoms with Gasteiger partial charge < -0.3 is 4.74 Å². The maximum absolute atomic E-state index is 11.9. The third kappa shape index (κ3) is 2.18. The number of benzene rings is 1. The van der Waals surface area contributed by atoms with Crippen LogP contribution in [0.1, 0.15) is 24.2 Å². The fourth-order valence-electron chi connectivity index (χ4n) is 1.95. The topological polar surface area (TPSA) is 30.2 Å². The van der Waals surface area contributed by atoms with E-state index in [-0.39, 0.29) is 5.97 Å². The number of esters is 1. The summed E-state index contributed by atoms with van der Waals surface area (Å²) in [6, 6.07) is 7.75. The van der Waals surface area contributed by atoms with Gasteiger partial charge in [-0.2, -0.15) is 4.57 Å². The molecule has 0 fully saturated rings. The molecule has 0 amide bonds. The first kappa shape index (κ1) is 12.8. The van der Waals surface area contributed by atoms with E-state index in [2.05, 4.69) is 0 Å². The summed E-state index contributed by atoms with van der Waals surface area (Å²) in [4.78, 5) is 11.9. The van der Waals surface area contributed by atoms with Gasteiger partial charge in [-0.25, -0.2) is 4.79 Å². The molecule has 0 aliphatic rings. The Balaban J connectivity index is 2.69. The first-order chi connectivity index (χ1) is 8.69. The molecule has 3 nitrogen and oxygen atoms in total. The van der Waals surface area contributed by atoms with Gasteiger partial charge in [-0.1, -0.05) is 23.7 Å². The highest BCUT2D eigenvalue weighted by molar-refractivity contribution is 6.38. The van der Waals surface area contributed by atoms with E-state index in [0.29, 0.717) is 17.2 Å². The zero-order valence-corrected chi connectivity index (χ0v) is 11.2. The van der Waals surface area contributed by atoms with E-state index in [9.17, 15) is 4.79 Å². The van der Waals surface area contributed by atoms with Crippen LogP contribution in [0.25, 0.3) is 10.9 Å². The van der Waals surface area contributed by atoms with Crippen molar-refractivity contribution < 1.29 is 14.1 Å². The maximum atomic E-state index is 11.9. The third-order valence-corrected chi connectivity index (χ3v) is 3.21. The van der Waals surface area contributed by atoms with E-state index in [0.717, 1.165) is 17.4 Å². The van der Waals surface area contributed by atoms with Crippen LogP contribution in [0.4, 0.5) is 0 Å². The Hall–Kier alpha value is -1.61. The molecule has 0 saturated heterocycles. The van der Waals surface area contributed by atoms with E-state index in [1.165, 1.54) is 0 Å². The minimum atomic E-state index is -0.379. The van der Waals surface area contributed by atoms with Crippen LogP contribution in [0.5, 0.6) is 0 Å². The molecule has 0 bridgehead atoms. The summed E-state index contributed by atoms with van der Waals surface area (Å²) in [5.74, 6) is -0.379. The molecule has 1 aromatic heterocycles. The Bertz CT molecular complexity index is 596. The van der Waals surface area contributed by atoms with Crippen molar-refractivity contribution >= 4 is 28.5 Å². The van der Waals surface area contributed by atoms with Crippen LogP contribution in [-0.2, 0) is 11.3 Å². The van der Waals surface area contributed by atoms with Crippen LogP contribution in [0.3, 0.4) is 0 Å². The van der Waals surface area contributed by atoms with Gasteiger partial charge in [0, 0.05) is 6.07 Å². The largest absolute Gasteiger partial charge is 0.462 e. The molecule has 0 atom stereocenters. The summed E-state index contributed by atoms with van der Waals surface area (Å²) in [7, 11) is 0. The van der Waals surface area contributed by atoms with Gasteiger partial charge in [-0.15, -0.1) is 0 Å². The number of nitrogens with zero attached hydrogens (tertiary/aromatic N) is 1. The van der Waals surface area contributed by atoms with Crippen molar-refractivity contribution in [1.82, 2.24) is 0 Å². The Morgan fingerprint density at radius 2 is 2.06 bits per heavy atom. The molecular formula is C14H15ClNO2+. The fourth-order valence-corrected chi connectivity index (χ4v) is 2.24. The van der Waals surface area contributed by atoms with Crippen molar-refractivity contribution in [2.45, 2.75) is 20.4 Å². The lowest BCUT2D eigenvalue weighted by molar-refractivity contribution is -0.667. The van der Waals surface area contributed by atoms with E-state index in [4.69, 9.17) is 16.3 Å². The van der Waals surface area contributed by atoms with Crippen LogP contribution in [0.15, 0.2) is 30.5 Å². The lowest BCUT2D eigenvalue weighted by atomic mass is 10.1. The number of aromatic nitrogens is 1. The SMILES string of the molecule is CCOC(=O)c1c[n+](CC)c2ccccc2c1Cl.